The second-order valence-corrected chi connectivity index (χ2v) is 7.93. The van der Waals surface area contributed by atoms with E-state index >= 15 is 0 Å². The molecule has 4 rings (SSSR count). The smallest absolute Gasteiger partial charge is 0.259 e. The van der Waals surface area contributed by atoms with Crippen molar-refractivity contribution in [1.29, 1.82) is 0 Å². The minimum absolute atomic E-state index is 0.233. The first-order valence-corrected chi connectivity index (χ1v) is 10.3. The Morgan fingerprint density at radius 1 is 0.968 bits per heavy atom. The summed E-state index contributed by atoms with van der Waals surface area (Å²) in [5, 5.41) is 4.46. The lowest BCUT2D eigenvalue weighted by molar-refractivity contribution is 0.102. The summed E-state index contributed by atoms with van der Waals surface area (Å²) in [6.45, 7) is 0. The van der Waals surface area contributed by atoms with Crippen molar-refractivity contribution < 1.29 is 4.79 Å². The van der Waals surface area contributed by atoms with Crippen molar-refractivity contribution in [3.63, 3.8) is 0 Å². The molecule has 154 valence electrons. The number of nitrogens with zero attached hydrogens (tertiary/aromatic N) is 1. The fraction of sp³-hybridized carbons (Fsp3) is 0. The molecule has 8 heteroatoms. The van der Waals surface area contributed by atoms with E-state index in [1.54, 1.807) is 66.7 Å². The highest BCUT2D eigenvalue weighted by Crippen LogP contribution is 2.23. The molecule has 0 saturated carbocycles. The van der Waals surface area contributed by atoms with Gasteiger partial charge in [0.15, 0.2) is 5.82 Å². The van der Waals surface area contributed by atoms with Gasteiger partial charge in [0, 0.05) is 21.3 Å². The van der Waals surface area contributed by atoms with Crippen LogP contribution in [0, 0.1) is 0 Å². The van der Waals surface area contributed by atoms with Crippen LogP contribution in [-0.2, 0) is 0 Å². The number of H-pyrrole nitrogens is 1. The quantitative estimate of drug-likeness (QED) is 0.372. The van der Waals surface area contributed by atoms with Gasteiger partial charge in [-0.2, -0.15) is 0 Å². The summed E-state index contributed by atoms with van der Waals surface area (Å²) in [6.07, 6.45) is 1.65. The standard InChI is InChI=1S/C23H14Cl3N3O2/c24-15-6-4-14(5-7-15)22(30)27-17-3-1-2-13(10-17)11-19(26)21-28-20-9-8-16(25)12-18(20)23(31)29-21/h1-12H,(H,27,30)(H,28,29,31)/b19-11-. The van der Waals surface area contributed by atoms with Crippen LogP contribution < -0.4 is 10.9 Å². The van der Waals surface area contributed by atoms with E-state index in [1.165, 1.54) is 0 Å². The van der Waals surface area contributed by atoms with Crippen molar-refractivity contribution in [2.75, 3.05) is 5.32 Å². The third-order valence-electron chi connectivity index (χ3n) is 4.44. The highest BCUT2D eigenvalue weighted by Gasteiger charge is 2.09. The van der Waals surface area contributed by atoms with E-state index in [4.69, 9.17) is 34.8 Å². The summed E-state index contributed by atoms with van der Waals surface area (Å²) < 4.78 is 0. The maximum Gasteiger partial charge on any atom is 0.259 e. The third-order valence-corrected chi connectivity index (χ3v) is 5.21. The Hall–Kier alpha value is -3.12. The van der Waals surface area contributed by atoms with Gasteiger partial charge in [0.1, 0.15) is 0 Å². The number of anilines is 1. The van der Waals surface area contributed by atoms with Crippen LogP contribution in [0.5, 0.6) is 0 Å². The number of carbonyl (C=O) groups is 1. The molecule has 1 heterocycles. The number of aromatic nitrogens is 2. The van der Waals surface area contributed by atoms with Gasteiger partial charge in [-0.25, -0.2) is 4.98 Å². The average molecular weight is 471 g/mol. The summed E-state index contributed by atoms with van der Waals surface area (Å²) in [5.41, 5.74) is 1.95. The van der Waals surface area contributed by atoms with E-state index in [0.29, 0.717) is 32.2 Å². The SMILES string of the molecule is O=C(Nc1cccc(/C=C(\Cl)c2nc3ccc(Cl)cc3c(=O)[nH]2)c1)c1ccc(Cl)cc1. The van der Waals surface area contributed by atoms with Gasteiger partial charge in [-0.1, -0.05) is 46.9 Å². The van der Waals surface area contributed by atoms with Crippen LogP contribution in [0.1, 0.15) is 21.7 Å². The number of fused-ring (bicyclic) bond motifs is 1. The largest absolute Gasteiger partial charge is 0.322 e. The average Bonchev–Trinajstić information content (AvgIpc) is 2.74. The number of carbonyl (C=O) groups excluding carboxylic acids is 1. The Morgan fingerprint density at radius 2 is 1.71 bits per heavy atom. The molecule has 0 bridgehead atoms. The topological polar surface area (TPSA) is 74.8 Å². The van der Waals surface area contributed by atoms with Gasteiger partial charge in [-0.3, -0.25) is 9.59 Å². The van der Waals surface area contributed by atoms with E-state index in [1.807, 2.05) is 6.07 Å². The maximum atomic E-state index is 12.4. The molecule has 0 saturated heterocycles. The molecule has 0 spiro atoms. The zero-order valence-electron chi connectivity index (χ0n) is 15.8. The normalized spacial score (nSPS) is 11.5. The minimum Gasteiger partial charge on any atom is -0.322 e. The molecule has 0 aliphatic rings. The molecule has 0 atom stereocenters. The van der Waals surface area contributed by atoms with Crippen LogP contribution in [-0.4, -0.2) is 15.9 Å². The molecule has 4 aromatic rings. The number of hydrogen-bond donors (Lipinski definition) is 2. The Morgan fingerprint density at radius 3 is 2.48 bits per heavy atom. The molecular weight excluding hydrogens is 457 g/mol. The molecule has 0 radical (unpaired) electrons. The number of benzene rings is 3. The maximum absolute atomic E-state index is 12.4. The summed E-state index contributed by atoms with van der Waals surface area (Å²) in [7, 11) is 0. The first-order valence-electron chi connectivity index (χ1n) is 9.13. The molecule has 3 aromatic carbocycles. The van der Waals surface area contributed by atoms with Gasteiger partial charge < -0.3 is 10.3 Å². The zero-order valence-corrected chi connectivity index (χ0v) is 18.1. The van der Waals surface area contributed by atoms with Crippen LogP contribution in [0.15, 0.2) is 71.5 Å². The van der Waals surface area contributed by atoms with Gasteiger partial charge in [0.2, 0.25) is 0 Å². The number of hydrogen-bond acceptors (Lipinski definition) is 3. The van der Waals surface area contributed by atoms with Crippen molar-refractivity contribution in [1.82, 2.24) is 9.97 Å². The lowest BCUT2D eigenvalue weighted by Crippen LogP contribution is -2.11. The van der Waals surface area contributed by atoms with E-state index in [2.05, 4.69) is 15.3 Å². The molecule has 5 nitrogen and oxygen atoms in total. The summed E-state index contributed by atoms with van der Waals surface area (Å²) in [6, 6.07) is 18.6. The lowest BCUT2D eigenvalue weighted by Gasteiger charge is -2.07. The first-order chi connectivity index (χ1) is 14.9. The van der Waals surface area contributed by atoms with E-state index in [-0.39, 0.29) is 22.3 Å². The molecule has 1 amide bonds. The minimum atomic E-state index is -0.335. The monoisotopic (exact) mass is 469 g/mol. The van der Waals surface area contributed by atoms with Gasteiger partial charge in [0.25, 0.3) is 11.5 Å². The van der Waals surface area contributed by atoms with Crippen molar-refractivity contribution in [3.05, 3.63) is 104 Å². The predicted molar refractivity (Wildman–Crippen MR) is 127 cm³/mol. The third kappa shape index (κ3) is 4.97. The van der Waals surface area contributed by atoms with Gasteiger partial charge >= 0.3 is 0 Å². The van der Waals surface area contributed by atoms with Crippen molar-refractivity contribution in [2.24, 2.45) is 0 Å². The summed E-state index contributed by atoms with van der Waals surface area (Å²) in [5.74, 6) is -0.0276. The number of halogens is 3. The Bertz CT molecular complexity index is 1380. The van der Waals surface area contributed by atoms with E-state index in [9.17, 15) is 9.59 Å². The first kappa shape index (κ1) is 21.1. The summed E-state index contributed by atoms with van der Waals surface area (Å²) >= 11 is 18.2. The van der Waals surface area contributed by atoms with Crippen molar-refractivity contribution in [3.8, 4) is 0 Å². The highest BCUT2D eigenvalue weighted by atomic mass is 35.5. The number of aromatic amines is 1. The predicted octanol–water partition coefficient (Wildman–Crippen LogP) is 6.22. The van der Waals surface area contributed by atoms with Crippen LogP contribution in [0.2, 0.25) is 10.0 Å². The van der Waals surface area contributed by atoms with Crippen LogP contribution in [0.3, 0.4) is 0 Å². The molecule has 31 heavy (non-hydrogen) atoms. The fourth-order valence-electron chi connectivity index (χ4n) is 2.95. The van der Waals surface area contributed by atoms with Crippen molar-refractivity contribution >= 4 is 68.4 Å². The molecule has 0 unspecified atom stereocenters. The number of amides is 1. The second kappa shape index (κ2) is 8.94. The second-order valence-electron chi connectivity index (χ2n) is 6.65. The Labute approximate surface area is 192 Å². The lowest BCUT2D eigenvalue weighted by atomic mass is 10.1. The number of nitrogens with one attached hydrogen (secondary N) is 2. The summed E-state index contributed by atoms with van der Waals surface area (Å²) in [4.78, 5) is 31.8. The molecule has 0 fully saturated rings. The fourth-order valence-corrected chi connectivity index (χ4v) is 3.46. The molecule has 0 aliphatic heterocycles. The van der Waals surface area contributed by atoms with E-state index < -0.39 is 0 Å². The van der Waals surface area contributed by atoms with Crippen LogP contribution in [0.25, 0.3) is 22.0 Å². The van der Waals surface area contributed by atoms with Crippen molar-refractivity contribution in [2.45, 2.75) is 0 Å². The van der Waals surface area contributed by atoms with Gasteiger partial charge in [-0.15, -0.1) is 0 Å². The molecule has 2 N–H and O–H groups in total. The van der Waals surface area contributed by atoms with Gasteiger partial charge in [0.05, 0.1) is 15.9 Å². The highest BCUT2D eigenvalue weighted by molar-refractivity contribution is 6.50. The molecule has 0 aliphatic carbocycles. The van der Waals surface area contributed by atoms with Gasteiger partial charge in [-0.05, 0) is 66.2 Å². The Balaban J connectivity index is 1.59. The van der Waals surface area contributed by atoms with E-state index in [0.717, 1.165) is 5.56 Å². The zero-order chi connectivity index (χ0) is 22.0. The molecular formula is C23H14Cl3N3O2. The number of rotatable bonds is 4. The van der Waals surface area contributed by atoms with Crippen LogP contribution >= 0.6 is 34.8 Å². The molecule has 1 aromatic heterocycles. The Kier molecular flexibility index (Phi) is 6.09. The van der Waals surface area contributed by atoms with Crippen LogP contribution in [0.4, 0.5) is 5.69 Å².